The number of fused-ring (bicyclic) bond motifs is 1. The molecule has 5 heteroatoms. The van der Waals surface area contributed by atoms with Gasteiger partial charge in [-0.1, -0.05) is 6.07 Å². The van der Waals surface area contributed by atoms with E-state index in [1.807, 2.05) is 0 Å². The zero-order valence-electron chi connectivity index (χ0n) is 9.88. The van der Waals surface area contributed by atoms with Gasteiger partial charge in [-0.05, 0) is 43.7 Å². The van der Waals surface area contributed by atoms with Gasteiger partial charge >= 0.3 is 6.18 Å². The second-order valence-electron chi connectivity index (χ2n) is 4.16. The Kier molecular flexibility index (Phi) is 3.26. The Morgan fingerprint density at radius 2 is 2.00 bits per heavy atom. The average Bonchev–Trinajstić information content (AvgIpc) is 2.27. The van der Waals surface area contributed by atoms with E-state index in [1.54, 1.807) is 19.1 Å². The molecule has 0 unspecified atom stereocenters. The van der Waals surface area contributed by atoms with Gasteiger partial charge in [0.2, 0.25) is 0 Å². The lowest BCUT2D eigenvalue weighted by Crippen LogP contribution is -2.10. The van der Waals surface area contributed by atoms with Crippen LogP contribution in [0.3, 0.4) is 0 Å². The van der Waals surface area contributed by atoms with Gasteiger partial charge in [0, 0.05) is 11.1 Å². The minimum atomic E-state index is -4.38. The van der Waals surface area contributed by atoms with Crippen LogP contribution in [0, 0.1) is 6.92 Å². The molecule has 2 aromatic rings. The Bertz CT molecular complexity index is 576. The van der Waals surface area contributed by atoms with Crippen LogP contribution < -0.4 is 5.73 Å². The van der Waals surface area contributed by atoms with Crippen molar-refractivity contribution in [3.05, 3.63) is 41.1 Å². The van der Waals surface area contributed by atoms with Crippen LogP contribution >= 0.6 is 0 Å². The number of alkyl halides is 3. The summed E-state index contributed by atoms with van der Waals surface area (Å²) in [7, 11) is 0. The number of aryl methyl sites for hydroxylation is 1. The molecule has 18 heavy (non-hydrogen) atoms. The van der Waals surface area contributed by atoms with Crippen molar-refractivity contribution < 1.29 is 13.2 Å². The standard InChI is InChI=1S/C13H13F3N2/c1-8-7-9(5-6-17)12-10(13(14,15)16)3-2-4-11(12)18-8/h2-4,7H,5-6,17H2,1H3. The number of nitrogens with zero attached hydrogens (tertiary/aromatic N) is 1. The highest BCUT2D eigenvalue weighted by atomic mass is 19.4. The smallest absolute Gasteiger partial charge is 0.330 e. The minimum absolute atomic E-state index is 0.168. The Hall–Kier alpha value is -1.62. The number of hydrogen-bond donors (Lipinski definition) is 1. The van der Waals surface area contributed by atoms with E-state index >= 15 is 0 Å². The maximum absolute atomic E-state index is 13.0. The molecule has 2 N–H and O–H groups in total. The van der Waals surface area contributed by atoms with Crippen molar-refractivity contribution in [2.24, 2.45) is 5.73 Å². The van der Waals surface area contributed by atoms with Crippen LogP contribution in [-0.2, 0) is 12.6 Å². The molecular weight excluding hydrogens is 241 g/mol. The monoisotopic (exact) mass is 254 g/mol. The lowest BCUT2D eigenvalue weighted by Gasteiger charge is -2.14. The van der Waals surface area contributed by atoms with Crippen LogP contribution in [0.5, 0.6) is 0 Å². The van der Waals surface area contributed by atoms with Gasteiger partial charge in [0.25, 0.3) is 0 Å². The fraction of sp³-hybridized carbons (Fsp3) is 0.308. The van der Waals surface area contributed by atoms with Crippen LogP contribution in [-0.4, -0.2) is 11.5 Å². The minimum Gasteiger partial charge on any atom is -0.330 e. The van der Waals surface area contributed by atoms with Gasteiger partial charge < -0.3 is 5.73 Å². The number of rotatable bonds is 2. The summed E-state index contributed by atoms with van der Waals surface area (Å²) in [4.78, 5) is 4.15. The van der Waals surface area contributed by atoms with E-state index in [4.69, 9.17) is 5.73 Å². The van der Waals surface area contributed by atoms with Crippen LogP contribution in [0.15, 0.2) is 24.3 Å². The summed E-state index contributed by atoms with van der Waals surface area (Å²) in [6, 6.07) is 5.73. The Morgan fingerprint density at radius 3 is 2.61 bits per heavy atom. The maximum Gasteiger partial charge on any atom is 0.417 e. The first kappa shape index (κ1) is 12.8. The van der Waals surface area contributed by atoms with Gasteiger partial charge in [-0.25, -0.2) is 0 Å². The maximum atomic E-state index is 13.0. The van der Waals surface area contributed by atoms with Crippen LogP contribution in [0.1, 0.15) is 16.8 Å². The number of nitrogens with two attached hydrogens (primary N) is 1. The Morgan fingerprint density at radius 1 is 1.28 bits per heavy atom. The summed E-state index contributed by atoms with van der Waals surface area (Å²) in [5.74, 6) is 0. The fourth-order valence-corrected chi connectivity index (χ4v) is 2.11. The fourth-order valence-electron chi connectivity index (χ4n) is 2.11. The number of halogens is 3. The molecule has 2 nitrogen and oxygen atoms in total. The SMILES string of the molecule is Cc1cc(CCN)c2c(C(F)(F)F)cccc2n1. The number of aromatic nitrogens is 1. The average molecular weight is 254 g/mol. The molecule has 1 aromatic heterocycles. The lowest BCUT2D eigenvalue weighted by atomic mass is 9.99. The highest BCUT2D eigenvalue weighted by molar-refractivity contribution is 5.86. The first-order chi connectivity index (χ1) is 8.43. The van der Waals surface area contributed by atoms with Gasteiger partial charge in [-0.3, -0.25) is 4.98 Å². The predicted molar refractivity (Wildman–Crippen MR) is 64.2 cm³/mol. The Balaban J connectivity index is 2.81. The summed E-state index contributed by atoms with van der Waals surface area (Å²) in [6.07, 6.45) is -3.97. The molecule has 96 valence electrons. The molecule has 0 fully saturated rings. The highest BCUT2D eigenvalue weighted by Crippen LogP contribution is 2.36. The molecule has 0 spiro atoms. The third-order valence-electron chi connectivity index (χ3n) is 2.76. The summed E-state index contributed by atoms with van der Waals surface area (Å²) in [5, 5.41) is 0.168. The molecule has 0 radical (unpaired) electrons. The Labute approximate surface area is 103 Å². The predicted octanol–water partition coefficient (Wildman–Crippen LogP) is 3.06. The first-order valence-corrected chi connectivity index (χ1v) is 5.60. The van der Waals surface area contributed by atoms with Gasteiger partial charge in [0.15, 0.2) is 0 Å². The molecule has 2 rings (SSSR count). The molecule has 0 atom stereocenters. The summed E-state index contributed by atoms with van der Waals surface area (Å²) in [6.45, 7) is 2.07. The molecule has 0 aliphatic heterocycles. The van der Waals surface area contributed by atoms with Crippen LogP contribution in [0.2, 0.25) is 0 Å². The van der Waals surface area contributed by atoms with Crippen molar-refractivity contribution in [1.29, 1.82) is 0 Å². The van der Waals surface area contributed by atoms with Crippen molar-refractivity contribution in [3.63, 3.8) is 0 Å². The summed E-state index contributed by atoms with van der Waals surface area (Å²) in [5.41, 5.74) is 6.49. The first-order valence-electron chi connectivity index (χ1n) is 5.60. The van der Waals surface area contributed by atoms with E-state index in [0.717, 1.165) is 6.07 Å². The largest absolute Gasteiger partial charge is 0.417 e. The molecule has 1 aromatic carbocycles. The second kappa shape index (κ2) is 4.57. The van der Waals surface area contributed by atoms with Crippen LogP contribution in [0.4, 0.5) is 13.2 Å². The van der Waals surface area contributed by atoms with Crippen molar-refractivity contribution in [1.82, 2.24) is 4.98 Å². The van der Waals surface area contributed by atoms with E-state index in [9.17, 15) is 13.2 Å². The number of pyridine rings is 1. The topological polar surface area (TPSA) is 38.9 Å². The highest BCUT2D eigenvalue weighted by Gasteiger charge is 2.33. The van der Waals surface area contributed by atoms with Crippen molar-refractivity contribution in [2.45, 2.75) is 19.5 Å². The molecule has 0 saturated heterocycles. The third-order valence-corrected chi connectivity index (χ3v) is 2.76. The van der Waals surface area contributed by atoms with E-state index in [1.165, 1.54) is 6.07 Å². The van der Waals surface area contributed by atoms with E-state index in [-0.39, 0.29) is 5.39 Å². The molecule has 0 amide bonds. The molecule has 0 bridgehead atoms. The number of benzene rings is 1. The van der Waals surface area contributed by atoms with E-state index < -0.39 is 11.7 Å². The van der Waals surface area contributed by atoms with Gasteiger partial charge in [0.05, 0.1) is 11.1 Å². The quantitative estimate of drug-likeness (QED) is 0.894. The van der Waals surface area contributed by atoms with Gasteiger partial charge in [-0.15, -0.1) is 0 Å². The lowest BCUT2D eigenvalue weighted by molar-refractivity contribution is -0.136. The molecular formula is C13H13F3N2. The zero-order valence-corrected chi connectivity index (χ0v) is 9.88. The van der Waals surface area contributed by atoms with Crippen molar-refractivity contribution >= 4 is 10.9 Å². The van der Waals surface area contributed by atoms with Gasteiger partial charge in [0.1, 0.15) is 0 Å². The van der Waals surface area contributed by atoms with Crippen LogP contribution in [0.25, 0.3) is 10.9 Å². The summed E-state index contributed by atoms with van der Waals surface area (Å²) < 4.78 is 38.9. The molecule has 1 heterocycles. The third kappa shape index (κ3) is 2.31. The normalized spacial score (nSPS) is 12.1. The van der Waals surface area contributed by atoms with E-state index in [2.05, 4.69) is 4.98 Å². The second-order valence-corrected chi connectivity index (χ2v) is 4.16. The van der Waals surface area contributed by atoms with Crippen molar-refractivity contribution in [2.75, 3.05) is 6.54 Å². The number of hydrogen-bond acceptors (Lipinski definition) is 2. The van der Waals surface area contributed by atoms with Crippen molar-refractivity contribution in [3.8, 4) is 0 Å². The molecule has 0 aliphatic carbocycles. The van der Waals surface area contributed by atoms with E-state index in [0.29, 0.717) is 29.7 Å². The molecule has 0 saturated carbocycles. The zero-order chi connectivity index (χ0) is 13.3. The molecule has 0 aliphatic rings. The summed E-state index contributed by atoms with van der Waals surface area (Å²) >= 11 is 0. The van der Waals surface area contributed by atoms with Gasteiger partial charge in [-0.2, -0.15) is 13.2 Å².